The van der Waals surface area contributed by atoms with E-state index in [-0.39, 0.29) is 30.0 Å². The van der Waals surface area contributed by atoms with Gasteiger partial charge in [0.05, 0.1) is 42.5 Å². The van der Waals surface area contributed by atoms with E-state index in [1.54, 1.807) is 0 Å². The third-order valence-electron chi connectivity index (χ3n) is 4.90. The molecule has 2 aliphatic heterocycles. The number of fused-ring (bicyclic) bond motifs is 1. The molecule has 1 amide bonds. The van der Waals surface area contributed by atoms with Crippen LogP contribution in [0, 0.1) is 0 Å². The van der Waals surface area contributed by atoms with Crippen LogP contribution in [0.25, 0.3) is 0 Å². The fraction of sp³-hybridized carbons (Fsp3) is 0.750. The van der Waals surface area contributed by atoms with Gasteiger partial charge in [0.2, 0.25) is 5.91 Å². The number of amides is 1. The topological polar surface area (TPSA) is 78.8 Å². The summed E-state index contributed by atoms with van der Waals surface area (Å²) in [6.45, 7) is 2.96. The van der Waals surface area contributed by atoms with E-state index in [1.165, 1.54) is 0 Å². The van der Waals surface area contributed by atoms with Gasteiger partial charge < -0.3 is 9.80 Å². The number of sulfone groups is 1. The Kier molecular flexibility index (Phi) is 5.17. The molecule has 140 valence electrons. The average Bonchev–Trinajstić information content (AvgIpc) is 3.07. The van der Waals surface area contributed by atoms with Crippen molar-refractivity contribution in [3.63, 3.8) is 0 Å². The van der Waals surface area contributed by atoms with E-state index in [0.717, 1.165) is 17.9 Å². The normalized spacial score (nSPS) is 22.6. The van der Waals surface area contributed by atoms with Crippen molar-refractivity contribution in [1.82, 2.24) is 24.5 Å². The van der Waals surface area contributed by atoms with Crippen LogP contribution in [0.2, 0.25) is 0 Å². The largest absolute Gasteiger partial charge is 0.334 e. The fourth-order valence-corrected chi connectivity index (χ4v) is 5.31. The zero-order valence-corrected chi connectivity index (χ0v) is 16.0. The highest BCUT2D eigenvalue weighted by atomic mass is 32.2. The molecule has 1 aromatic heterocycles. The number of nitrogens with zero attached hydrogens (tertiary/aromatic N) is 5. The molecule has 0 aromatic carbocycles. The Morgan fingerprint density at radius 1 is 1.32 bits per heavy atom. The third kappa shape index (κ3) is 4.39. The van der Waals surface area contributed by atoms with Gasteiger partial charge in [-0.3, -0.25) is 14.4 Å². The van der Waals surface area contributed by atoms with Gasteiger partial charge in [-0.15, -0.1) is 0 Å². The first kappa shape index (κ1) is 18.3. The van der Waals surface area contributed by atoms with Crippen molar-refractivity contribution in [2.75, 3.05) is 45.7 Å². The van der Waals surface area contributed by atoms with Crippen LogP contribution in [-0.4, -0.2) is 90.6 Å². The molecule has 25 heavy (non-hydrogen) atoms. The van der Waals surface area contributed by atoms with E-state index in [1.807, 2.05) is 35.6 Å². The summed E-state index contributed by atoms with van der Waals surface area (Å²) < 4.78 is 25.2. The summed E-state index contributed by atoms with van der Waals surface area (Å²) in [5.74, 6) is 0.443. The summed E-state index contributed by atoms with van der Waals surface area (Å²) >= 11 is 0. The number of hydrogen-bond acceptors (Lipinski definition) is 6. The minimum absolute atomic E-state index is 0.0454. The van der Waals surface area contributed by atoms with Crippen LogP contribution in [-0.2, 0) is 34.3 Å². The Balaban J connectivity index is 1.58. The minimum Gasteiger partial charge on any atom is -0.334 e. The molecule has 8 nitrogen and oxygen atoms in total. The molecule has 1 saturated heterocycles. The van der Waals surface area contributed by atoms with Crippen molar-refractivity contribution in [1.29, 1.82) is 0 Å². The van der Waals surface area contributed by atoms with Crippen molar-refractivity contribution >= 4 is 15.7 Å². The summed E-state index contributed by atoms with van der Waals surface area (Å²) in [7, 11) is 2.92. The zero-order valence-electron chi connectivity index (χ0n) is 15.2. The molecule has 1 aromatic rings. The molecule has 0 radical (unpaired) electrons. The van der Waals surface area contributed by atoms with Gasteiger partial charge >= 0.3 is 0 Å². The summed E-state index contributed by atoms with van der Waals surface area (Å²) in [5, 5.41) is 4.58. The number of carbonyl (C=O) groups excluding carboxylic acids is 1. The molecule has 2 aliphatic rings. The quantitative estimate of drug-likeness (QED) is 0.690. The molecule has 3 heterocycles. The standard InChI is InChI=1S/C16H27N5O3S/c1-18(2)9-13-8-15-10-20(5-6-21(15)17-13)16(22)11-19(3)14-4-7-25(23,24)12-14/h8,14H,4-7,9-12H2,1-3H3/t14-/m1/s1. The lowest BCUT2D eigenvalue weighted by atomic mass is 10.2. The van der Waals surface area contributed by atoms with E-state index in [0.29, 0.717) is 26.1 Å². The smallest absolute Gasteiger partial charge is 0.237 e. The summed E-state index contributed by atoms with van der Waals surface area (Å²) in [6.07, 6.45) is 0.618. The molecular weight excluding hydrogens is 342 g/mol. The van der Waals surface area contributed by atoms with Gasteiger partial charge in [-0.25, -0.2) is 8.42 Å². The van der Waals surface area contributed by atoms with Crippen molar-refractivity contribution in [2.45, 2.75) is 32.1 Å². The number of likely N-dealkylation sites (N-methyl/N-ethyl adjacent to an activating group) is 1. The van der Waals surface area contributed by atoms with E-state index < -0.39 is 9.84 Å². The first-order valence-electron chi connectivity index (χ1n) is 8.62. The van der Waals surface area contributed by atoms with Crippen LogP contribution in [0.1, 0.15) is 17.8 Å². The zero-order chi connectivity index (χ0) is 18.2. The maximum Gasteiger partial charge on any atom is 0.237 e. The molecular formula is C16H27N5O3S. The van der Waals surface area contributed by atoms with Gasteiger partial charge in [0.15, 0.2) is 9.84 Å². The van der Waals surface area contributed by atoms with E-state index >= 15 is 0 Å². The number of rotatable bonds is 5. The molecule has 9 heteroatoms. The van der Waals surface area contributed by atoms with Crippen molar-refractivity contribution in [3.8, 4) is 0 Å². The highest BCUT2D eigenvalue weighted by Gasteiger charge is 2.32. The highest BCUT2D eigenvalue weighted by Crippen LogP contribution is 2.18. The van der Waals surface area contributed by atoms with Gasteiger partial charge in [-0.05, 0) is 33.6 Å². The predicted molar refractivity (Wildman–Crippen MR) is 94.7 cm³/mol. The SMILES string of the molecule is CN(C)Cc1cc2n(n1)CCN(C(=O)CN(C)[C@@H]1CCS(=O)(=O)C1)C2. The summed E-state index contributed by atoms with van der Waals surface area (Å²) in [5.41, 5.74) is 2.07. The molecule has 0 unspecified atom stereocenters. The Morgan fingerprint density at radius 3 is 2.72 bits per heavy atom. The van der Waals surface area contributed by atoms with Crippen LogP contribution in [0.3, 0.4) is 0 Å². The van der Waals surface area contributed by atoms with Gasteiger partial charge in [-0.2, -0.15) is 5.10 Å². The third-order valence-corrected chi connectivity index (χ3v) is 6.65. The Hall–Kier alpha value is -1.45. The van der Waals surface area contributed by atoms with E-state index in [2.05, 4.69) is 16.1 Å². The molecule has 0 bridgehead atoms. The Bertz CT molecular complexity index is 743. The predicted octanol–water partition coefficient (Wildman–Crippen LogP) is -0.594. The van der Waals surface area contributed by atoms with Crippen LogP contribution in [0.15, 0.2) is 6.07 Å². The maximum atomic E-state index is 12.6. The lowest BCUT2D eigenvalue weighted by molar-refractivity contribution is -0.134. The van der Waals surface area contributed by atoms with Crippen LogP contribution in [0.5, 0.6) is 0 Å². The first-order valence-corrected chi connectivity index (χ1v) is 10.4. The summed E-state index contributed by atoms with van der Waals surface area (Å²) in [4.78, 5) is 18.4. The van der Waals surface area contributed by atoms with Crippen molar-refractivity contribution in [3.05, 3.63) is 17.5 Å². The minimum atomic E-state index is -2.93. The van der Waals surface area contributed by atoms with Gasteiger partial charge in [0.25, 0.3) is 0 Å². The van der Waals surface area contributed by atoms with Crippen LogP contribution < -0.4 is 0 Å². The number of hydrogen-bond donors (Lipinski definition) is 0. The molecule has 0 saturated carbocycles. The number of carbonyl (C=O) groups is 1. The molecule has 1 fully saturated rings. The lowest BCUT2D eigenvalue weighted by Crippen LogP contribution is -2.45. The molecule has 0 spiro atoms. The Labute approximate surface area is 149 Å². The maximum absolute atomic E-state index is 12.6. The van der Waals surface area contributed by atoms with Gasteiger partial charge in [0, 0.05) is 19.1 Å². The Morgan fingerprint density at radius 2 is 2.08 bits per heavy atom. The second-order valence-electron chi connectivity index (χ2n) is 7.38. The second-order valence-corrected chi connectivity index (χ2v) is 9.60. The molecule has 0 N–H and O–H groups in total. The van der Waals surface area contributed by atoms with Crippen molar-refractivity contribution < 1.29 is 13.2 Å². The van der Waals surface area contributed by atoms with Crippen molar-refractivity contribution in [2.24, 2.45) is 0 Å². The first-order chi connectivity index (χ1) is 11.7. The average molecular weight is 369 g/mol. The monoisotopic (exact) mass is 369 g/mol. The van der Waals surface area contributed by atoms with Crippen LogP contribution in [0.4, 0.5) is 0 Å². The van der Waals surface area contributed by atoms with Gasteiger partial charge in [0.1, 0.15) is 0 Å². The second kappa shape index (κ2) is 7.05. The van der Waals surface area contributed by atoms with E-state index in [9.17, 15) is 13.2 Å². The molecule has 1 atom stereocenters. The molecule has 0 aliphatic carbocycles. The number of aromatic nitrogens is 2. The lowest BCUT2D eigenvalue weighted by Gasteiger charge is -2.30. The van der Waals surface area contributed by atoms with E-state index in [4.69, 9.17) is 0 Å². The fourth-order valence-electron chi connectivity index (χ4n) is 3.51. The summed E-state index contributed by atoms with van der Waals surface area (Å²) in [6, 6.07) is 2.02. The highest BCUT2D eigenvalue weighted by molar-refractivity contribution is 7.91. The van der Waals surface area contributed by atoms with Crippen LogP contribution >= 0.6 is 0 Å². The molecule has 3 rings (SSSR count). The van der Waals surface area contributed by atoms with Gasteiger partial charge in [-0.1, -0.05) is 0 Å².